The number of H-pyrrole nitrogens is 1. The van der Waals surface area contributed by atoms with Crippen LogP contribution in [0.25, 0.3) is 0 Å². The lowest BCUT2D eigenvalue weighted by molar-refractivity contribution is -0.119. The minimum Gasteiger partial charge on any atom is -0.495 e. The molecule has 0 saturated carbocycles. The molecule has 2 rings (SSSR count). The van der Waals surface area contributed by atoms with Crippen molar-refractivity contribution in [3.05, 3.63) is 46.8 Å². The lowest BCUT2D eigenvalue weighted by Crippen LogP contribution is -2.21. The van der Waals surface area contributed by atoms with Gasteiger partial charge in [-0.05, 0) is 38.5 Å². The number of rotatable bonds is 7. The molecule has 0 saturated heterocycles. The molecule has 2 aromatic rings. The maximum Gasteiger partial charge on any atom is 0.355 e. The number of amides is 1. The van der Waals surface area contributed by atoms with Gasteiger partial charge < -0.3 is 24.5 Å². The van der Waals surface area contributed by atoms with Crippen molar-refractivity contribution >= 4 is 23.5 Å². The summed E-state index contributed by atoms with van der Waals surface area (Å²) in [6.45, 7) is 4.71. The smallest absolute Gasteiger partial charge is 0.355 e. The van der Waals surface area contributed by atoms with Gasteiger partial charge in [-0.25, -0.2) is 9.59 Å². The maximum absolute atomic E-state index is 12.3. The highest BCUT2D eigenvalue weighted by Crippen LogP contribution is 2.23. The summed E-state index contributed by atoms with van der Waals surface area (Å²) < 4.78 is 15.2. The molecule has 0 spiro atoms. The van der Waals surface area contributed by atoms with Crippen molar-refractivity contribution in [2.45, 2.75) is 20.8 Å². The van der Waals surface area contributed by atoms with Crippen LogP contribution in [-0.2, 0) is 14.3 Å². The van der Waals surface area contributed by atoms with Crippen molar-refractivity contribution in [1.82, 2.24) is 4.98 Å². The average molecular weight is 374 g/mol. The van der Waals surface area contributed by atoms with Crippen molar-refractivity contribution in [3.63, 3.8) is 0 Å². The molecule has 0 radical (unpaired) electrons. The maximum atomic E-state index is 12.3. The van der Waals surface area contributed by atoms with E-state index in [0.717, 1.165) is 0 Å². The van der Waals surface area contributed by atoms with E-state index in [9.17, 15) is 14.4 Å². The number of ether oxygens (including phenoxy) is 3. The first-order valence-electron chi connectivity index (χ1n) is 8.35. The normalized spacial score (nSPS) is 10.2. The van der Waals surface area contributed by atoms with Crippen LogP contribution in [0.15, 0.2) is 24.3 Å². The summed E-state index contributed by atoms with van der Waals surface area (Å²) in [5, 5.41) is 2.61. The van der Waals surface area contributed by atoms with E-state index < -0.39 is 24.5 Å². The van der Waals surface area contributed by atoms with Gasteiger partial charge in [-0.2, -0.15) is 0 Å². The Balaban J connectivity index is 2.02. The molecule has 0 atom stereocenters. The van der Waals surface area contributed by atoms with Gasteiger partial charge >= 0.3 is 11.9 Å². The minimum atomic E-state index is -0.735. The van der Waals surface area contributed by atoms with Gasteiger partial charge in [0.1, 0.15) is 11.4 Å². The molecule has 0 fully saturated rings. The van der Waals surface area contributed by atoms with Crippen molar-refractivity contribution in [2.75, 3.05) is 25.6 Å². The number of carbonyl (C=O) groups is 3. The van der Waals surface area contributed by atoms with E-state index in [-0.39, 0.29) is 12.3 Å². The Morgan fingerprint density at radius 2 is 1.78 bits per heavy atom. The summed E-state index contributed by atoms with van der Waals surface area (Å²) in [6.07, 6.45) is 0. The Morgan fingerprint density at radius 3 is 2.44 bits per heavy atom. The van der Waals surface area contributed by atoms with E-state index in [1.165, 1.54) is 7.11 Å². The standard InChI is InChI=1S/C19H22N2O6/c1-5-26-18(23)16-11(2)17(20-12(16)3)19(24)27-10-15(22)21-13-8-6-7-9-14(13)25-4/h6-9,20H,5,10H2,1-4H3,(H,21,22). The molecule has 8 heteroatoms. The van der Waals surface area contributed by atoms with Crippen LogP contribution in [0.5, 0.6) is 5.75 Å². The molecule has 8 nitrogen and oxygen atoms in total. The van der Waals surface area contributed by atoms with E-state index in [0.29, 0.717) is 28.3 Å². The summed E-state index contributed by atoms with van der Waals surface area (Å²) in [4.78, 5) is 39.1. The van der Waals surface area contributed by atoms with Crippen LogP contribution >= 0.6 is 0 Å². The van der Waals surface area contributed by atoms with E-state index >= 15 is 0 Å². The molecular formula is C19H22N2O6. The molecule has 1 heterocycles. The van der Waals surface area contributed by atoms with Gasteiger partial charge in [0, 0.05) is 5.69 Å². The van der Waals surface area contributed by atoms with Gasteiger partial charge in [0.2, 0.25) is 0 Å². The first-order valence-corrected chi connectivity index (χ1v) is 8.35. The number of aromatic amines is 1. The number of carbonyl (C=O) groups excluding carboxylic acids is 3. The molecule has 0 bridgehead atoms. The van der Waals surface area contributed by atoms with E-state index in [2.05, 4.69) is 10.3 Å². The molecule has 27 heavy (non-hydrogen) atoms. The molecule has 0 unspecified atom stereocenters. The third kappa shape index (κ3) is 4.66. The number of hydrogen-bond acceptors (Lipinski definition) is 6. The molecule has 0 aliphatic carbocycles. The lowest BCUT2D eigenvalue weighted by Gasteiger charge is -2.10. The van der Waals surface area contributed by atoms with Gasteiger partial charge in [-0.15, -0.1) is 0 Å². The Kier molecular flexibility index (Phi) is 6.59. The van der Waals surface area contributed by atoms with Crippen LogP contribution in [0, 0.1) is 13.8 Å². The van der Waals surface area contributed by atoms with Gasteiger partial charge in [0.25, 0.3) is 5.91 Å². The predicted octanol–water partition coefficient (Wildman–Crippen LogP) is 2.61. The van der Waals surface area contributed by atoms with E-state index in [1.807, 2.05) is 0 Å². The Labute approximate surface area is 156 Å². The highest BCUT2D eigenvalue weighted by atomic mass is 16.5. The van der Waals surface area contributed by atoms with Crippen LogP contribution in [0.2, 0.25) is 0 Å². The number of anilines is 1. The van der Waals surface area contributed by atoms with Crippen molar-refractivity contribution in [3.8, 4) is 5.75 Å². The predicted molar refractivity (Wildman–Crippen MR) is 98.1 cm³/mol. The monoisotopic (exact) mass is 374 g/mol. The summed E-state index contributed by atoms with van der Waals surface area (Å²) in [5.74, 6) is -1.27. The second kappa shape index (κ2) is 8.88. The van der Waals surface area contributed by atoms with Gasteiger partial charge in [0.15, 0.2) is 6.61 Å². The molecule has 1 amide bonds. The number of methoxy groups -OCH3 is 1. The molecule has 144 valence electrons. The minimum absolute atomic E-state index is 0.112. The third-order valence-corrected chi connectivity index (χ3v) is 3.84. The summed E-state index contributed by atoms with van der Waals surface area (Å²) >= 11 is 0. The highest BCUT2D eigenvalue weighted by molar-refractivity contribution is 6.00. The Morgan fingerprint density at radius 1 is 1.07 bits per heavy atom. The second-order valence-electron chi connectivity index (χ2n) is 5.67. The molecule has 0 aliphatic heterocycles. The Bertz CT molecular complexity index is 856. The molecule has 1 aromatic heterocycles. The third-order valence-electron chi connectivity index (χ3n) is 3.84. The van der Waals surface area contributed by atoms with Gasteiger partial charge in [-0.3, -0.25) is 4.79 Å². The van der Waals surface area contributed by atoms with Crippen molar-refractivity contribution in [1.29, 1.82) is 0 Å². The topological polar surface area (TPSA) is 107 Å². The number of esters is 2. The Hall–Kier alpha value is -3.29. The van der Waals surface area contributed by atoms with Crippen LogP contribution in [0.3, 0.4) is 0 Å². The fourth-order valence-electron chi connectivity index (χ4n) is 2.60. The van der Waals surface area contributed by atoms with Crippen LogP contribution in [0.1, 0.15) is 39.0 Å². The first kappa shape index (κ1) is 20.0. The zero-order valence-corrected chi connectivity index (χ0v) is 15.7. The molecule has 2 N–H and O–H groups in total. The number of para-hydroxylation sites is 2. The molecule has 1 aromatic carbocycles. The quantitative estimate of drug-likeness (QED) is 0.722. The van der Waals surface area contributed by atoms with E-state index in [1.54, 1.807) is 45.0 Å². The molecular weight excluding hydrogens is 352 g/mol. The van der Waals surface area contributed by atoms with Crippen LogP contribution in [0.4, 0.5) is 5.69 Å². The summed E-state index contributed by atoms with van der Waals surface area (Å²) in [6, 6.07) is 6.88. The zero-order valence-electron chi connectivity index (χ0n) is 15.7. The fourth-order valence-corrected chi connectivity index (χ4v) is 2.60. The largest absolute Gasteiger partial charge is 0.495 e. The van der Waals surface area contributed by atoms with Crippen molar-refractivity contribution < 1.29 is 28.6 Å². The van der Waals surface area contributed by atoms with Gasteiger partial charge in [0.05, 0.1) is 25.0 Å². The highest BCUT2D eigenvalue weighted by Gasteiger charge is 2.24. The first-order chi connectivity index (χ1) is 12.9. The van der Waals surface area contributed by atoms with Crippen LogP contribution < -0.4 is 10.1 Å². The van der Waals surface area contributed by atoms with Crippen molar-refractivity contribution in [2.24, 2.45) is 0 Å². The fraction of sp³-hybridized carbons (Fsp3) is 0.316. The number of aryl methyl sites for hydroxylation is 1. The number of nitrogens with one attached hydrogen (secondary N) is 2. The number of benzene rings is 1. The SMILES string of the molecule is CCOC(=O)c1c(C)[nH]c(C(=O)OCC(=O)Nc2ccccc2OC)c1C. The molecule has 0 aliphatic rings. The number of hydrogen-bond donors (Lipinski definition) is 2. The summed E-state index contributed by atoms with van der Waals surface area (Å²) in [7, 11) is 1.49. The lowest BCUT2D eigenvalue weighted by atomic mass is 10.1. The average Bonchev–Trinajstić information content (AvgIpc) is 2.94. The zero-order chi connectivity index (χ0) is 20.0. The van der Waals surface area contributed by atoms with Gasteiger partial charge in [-0.1, -0.05) is 12.1 Å². The van der Waals surface area contributed by atoms with E-state index in [4.69, 9.17) is 14.2 Å². The summed E-state index contributed by atoms with van der Waals surface area (Å²) in [5.41, 5.74) is 1.79. The van der Waals surface area contributed by atoms with Crippen LogP contribution in [-0.4, -0.2) is 43.2 Å². The second-order valence-corrected chi connectivity index (χ2v) is 5.67. The number of aromatic nitrogens is 1.